The number of carbonyl (C=O) groups is 1. The summed E-state index contributed by atoms with van der Waals surface area (Å²) in [6, 6.07) is 11.4. The highest BCUT2D eigenvalue weighted by Gasteiger charge is 2.13. The van der Waals surface area contributed by atoms with E-state index in [4.69, 9.17) is 0 Å². The smallest absolute Gasteiger partial charge is 0.260 e. The van der Waals surface area contributed by atoms with E-state index in [1.54, 1.807) is 22.9 Å². The summed E-state index contributed by atoms with van der Waals surface area (Å²) >= 11 is 0. The van der Waals surface area contributed by atoms with Gasteiger partial charge in [0.1, 0.15) is 5.82 Å². The zero-order valence-electron chi connectivity index (χ0n) is 9.88. The van der Waals surface area contributed by atoms with Gasteiger partial charge >= 0.3 is 0 Å². The largest absolute Gasteiger partial charge is 0.291 e. The van der Waals surface area contributed by atoms with Crippen LogP contribution in [0.15, 0.2) is 54.9 Å². The van der Waals surface area contributed by atoms with E-state index in [9.17, 15) is 9.18 Å². The van der Waals surface area contributed by atoms with Gasteiger partial charge in [-0.15, -0.1) is 0 Å². The van der Waals surface area contributed by atoms with Crippen molar-refractivity contribution in [2.45, 2.75) is 0 Å². The van der Waals surface area contributed by atoms with Crippen LogP contribution in [0.25, 0.3) is 5.52 Å². The number of rotatable bonds is 2. The Morgan fingerprint density at radius 1 is 1.16 bits per heavy atom. The Morgan fingerprint density at radius 2 is 1.95 bits per heavy atom. The van der Waals surface area contributed by atoms with Crippen molar-refractivity contribution in [3.8, 4) is 0 Å². The molecule has 3 aromatic rings. The Morgan fingerprint density at radius 3 is 2.79 bits per heavy atom. The Labute approximate surface area is 108 Å². The molecule has 0 bridgehead atoms. The predicted octanol–water partition coefficient (Wildman–Crippen LogP) is 2.73. The fourth-order valence-electron chi connectivity index (χ4n) is 1.85. The number of imidazole rings is 1. The lowest BCUT2D eigenvalue weighted by Gasteiger charge is -2.04. The number of aromatic nitrogens is 2. The number of nitrogens with zero attached hydrogens (tertiary/aromatic N) is 2. The number of hydrogen-bond donors (Lipinski definition) is 1. The molecule has 0 aliphatic carbocycles. The fraction of sp³-hybridized carbons (Fsp3) is 0. The quantitative estimate of drug-likeness (QED) is 0.765. The summed E-state index contributed by atoms with van der Waals surface area (Å²) in [6.45, 7) is 0. The molecule has 4 nitrogen and oxygen atoms in total. The number of benzene rings is 1. The second kappa shape index (κ2) is 4.53. The second-order valence-electron chi connectivity index (χ2n) is 4.01. The molecule has 0 spiro atoms. The van der Waals surface area contributed by atoms with Crippen molar-refractivity contribution in [1.29, 1.82) is 0 Å². The van der Waals surface area contributed by atoms with E-state index in [0.717, 1.165) is 5.52 Å². The summed E-state index contributed by atoms with van der Waals surface area (Å²) in [5.74, 6) is -0.709. The molecule has 94 valence electrons. The molecule has 2 aromatic heterocycles. The minimum atomic E-state index is -0.555. The number of hydrogen-bond acceptors (Lipinski definition) is 2. The van der Waals surface area contributed by atoms with Gasteiger partial charge in [-0.05, 0) is 24.3 Å². The van der Waals surface area contributed by atoms with Crippen LogP contribution in [0.5, 0.6) is 0 Å². The van der Waals surface area contributed by atoms with Gasteiger partial charge in [0.05, 0.1) is 17.3 Å². The first-order chi connectivity index (χ1) is 9.25. The second-order valence-corrected chi connectivity index (χ2v) is 4.01. The minimum Gasteiger partial charge on any atom is -0.291 e. The zero-order valence-corrected chi connectivity index (χ0v) is 9.88. The number of carbonyl (C=O) groups excluding carboxylic acids is 1. The van der Waals surface area contributed by atoms with Crippen LogP contribution in [-0.4, -0.2) is 15.3 Å². The van der Waals surface area contributed by atoms with Crippen LogP contribution in [0.3, 0.4) is 0 Å². The van der Waals surface area contributed by atoms with Gasteiger partial charge in [-0.1, -0.05) is 18.2 Å². The van der Waals surface area contributed by atoms with E-state index in [2.05, 4.69) is 10.3 Å². The average molecular weight is 255 g/mol. The molecule has 0 unspecified atom stereocenters. The molecule has 1 N–H and O–H groups in total. The third kappa shape index (κ3) is 2.06. The minimum absolute atomic E-state index is 0.00446. The summed E-state index contributed by atoms with van der Waals surface area (Å²) in [5, 5.41) is 2.59. The van der Waals surface area contributed by atoms with Crippen molar-refractivity contribution in [2.75, 3.05) is 5.32 Å². The van der Waals surface area contributed by atoms with Crippen molar-refractivity contribution >= 4 is 17.4 Å². The SMILES string of the molecule is O=C(Nc1ncc2ccccn12)c1ccccc1F. The number of pyridine rings is 1. The van der Waals surface area contributed by atoms with E-state index in [-0.39, 0.29) is 5.56 Å². The normalized spacial score (nSPS) is 10.6. The summed E-state index contributed by atoms with van der Waals surface area (Å²) in [4.78, 5) is 16.1. The Hall–Kier alpha value is -2.69. The maximum absolute atomic E-state index is 13.5. The summed E-state index contributed by atoms with van der Waals surface area (Å²) < 4.78 is 15.2. The first-order valence-electron chi connectivity index (χ1n) is 5.74. The van der Waals surface area contributed by atoms with E-state index < -0.39 is 11.7 Å². The maximum Gasteiger partial charge on any atom is 0.260 e. The van der Waals surface area contributed by atoms with Crippen LogP contribution < -0.4 is 5.32 Å². The Kier molecular flexibility index (Phi) is 2.72. The van der Waals surface area contributed by atoms with Crippen molar-refractivity contribution in [2.24, 2.45) is 0 Å². The highest BCUT2D eigenvalue weighted by Crippen LogP contribution is 2.13. The maximum atomic E-state index is 13.5. The lowest BCUT2D eigenvalue weighted by atomic mass is 10.2. The Balaban J connectivity index is 1.94. The molecule has 0 saturated carbocycles. The molecule has 0 radical (unpaired) electrons. The summed E-state index contributed by atoms with van der Waals surface area (Å²) in [5.41, 5.74) is 0.849. The highest BCUT2D eigenvalue weighted by molar-refractivity contribution is 6.03. The van der Waals surface area contributed by atoms with Gasteiger partial charge in [0.15, 0.2) is 0 Å². The van der Waals surface area contributed by atoms with Gasteiger partial charge in [-0.2, -0.15) is 0 Å². The van der Waals surface area contributed by atoms with E-state index in [0.29, 0.717) is 5.95 Å². The third-order valence-electron chi connectivity index (χ3n) is 2.78. The molecule has 0 aliphatic heterocycles. The predicted molar refractivity (Wildman–Crippen MR) is 69.5 cm³/mol. The van der Waals surface area contributed by atoms with Crippen LogP contribution in [0.1, 0.15) is 10.4 Å². The third-order valence-corrected chi connectivity index (χ3v) is 2.78. The van der Waals surface area contributed by atoms with Crippen LogP contribution in [0, 0.1) is 5.82 Å². The van der Waals surface area contributed by atoms with E-state index in [1.165, 1.54) is 18.2 Å². The number of anilines is 1. The van der Waals surface area contributed by atoms with Crippen molar-refractivity contribution in [1.82, 2.24) is 9.38 Å². The lowest BCUT2D eigenvalue weighted by molar-refractivity contribution is 0.102. The molecule has 19 heavy (non-hydrogen) atoms. The number of fused-ring (bicyclic) bond motifs is 1. The highest BCUT2D eigenvalue weighted by atomic mass is 19.1. The summed E-state index contributed by atoms with van der Waals surface area (Å²) in [6.07, 6.45) is 3.41. The fourth-order valence-corrected chi connectivity index (χ4v) is 1.85. The van der Waals surface area contributed by atoms with Crippen LogP contribution in [0.2, 0.25) is 0 Å². The van der Waals surface area contributed by atoms with Gasteiger partial charge in [-0.3, -0.25) is 14.5 Å². The number of halogens is 1. The molecule has 5 heteroatoms. The van der Waals surface area contributed by atoms with Crippen molar-refractivity contribution in [3.63, 3.8) is 0 Å². The molecule has 3 rings (SSSR count). The van der Waals surface area contributed by atoms with E-state index >= 15 is 0 Å². The zero-order chi connectivity index (χ0) is 13.2. The molecule has 1 amide bonds. The average Bonchev–Trinajstić information content (AvgIpc) is 2.83. The summed E-state index contributed by atoms with van der Waals surface area (Å²) in [7, 11) is 0. The molecule has 2 heterocycles. The molecule has 0 saturated heterocycles. The molecule has 0 fully saturated rings. The van der Waals surface area contributed by atoms with Crippen LogP contribution in [0.4, 0.5) is 10.3 Å². The van der Waals surface area contributed by atoms with Crippen LogP contribution >= 0.6 is 0 Å². The molecular weight excluding hydrogens is 245 g/mol. The molecular formula is C14H10FN3O. The topological polar surface area (TPSA) is 46.4 Å². The van der Waals surface area contributed by atoms with Crippen molar-refractivity contribution < 1.29 is 9.18 Å². The van der Waals surface area contributed by atoms with Crippen molar-refractivity contribution in [3.05, 3.63) is 66.2 Å². The molecule has 0 atom stereocenters. The Bertz CT molecular complexity index is 751. The molecule has 1 aromatic carbocycles. The van der Waals surface area contributed by atoms with Gasteiger partial charge in [0, 0.05) is 6.20 Å². The first kappa shape index (κ1) is 11.4. The monoisotopic (exact) mass is 255 g/mol. The number of amides is 1. The number of nitrogens with one attached hydrogen (secondary N) is 1. The standard InChI is InChI=1S/C14H10FN3O/c15-12-7-2-1-6-11(12)13(19)17-14-16-9-10-5-3-4-8-18(10)14/h1-9H,(H,16,17,19). The first-order valence-corrected chi connectivity index (χ1v) is 5.74. The van der Waals surface area contributed by atoms with E-state index in [1.807, 2.05) is 18.2 Å². The van der Waals surface area contributed by atoms with Gasteiger partial charge in [0.25, 0.3) is 5.91 Å². The van der Waals surface area contributed by atoms with Gasteiger partial charge in [-0.25, -0.2) is 9.37 Å². The van der Waals surface area contributed by atoms with Crippen LogP contribution in [-0.2, 0) is 0 Å². The molecule has 0 aliphatic rings. The lowest BCUT2D eigenvalue weighted by Crippen LogP contribution is -2.15. The van der Waals surface area contributed by atoms with Gasteiger partial charge in [0.2, 0.25) is 5.95 Å². The van der Waals surface area contributed by atoms with Gasteiger partial charge < -0.3 is 0 Å².